The number of benzene rings is 2. The first-order valence-corrected chi connectivity index (χ1v) is 9.20. The maximum Gasteiger partial charge on any atom is 0.224 e. The number of hydrogen-bond donors (Lipinski definition) is 1. The largest absolute Gasteiger partial charge is 0.493 e. The second kappa shape index (κ2) is 6.23. The molecule has 0 radical (unpaired) electrons. The molecular formula is C21H20N4O2. The van der Waals surface area contributed by atoms with Gasteiger partial charge in [-0.25, -0.2) is 9.67 Å². The Labute approximate surface area is 157 Å². The number of hydrogen-bond acceptors (Lipinski definition) is 4. The molecule has 6 nitrogen and oxygen atoms in total. The summed E-state index contributed by atoms with van der Waals surface area (Å²) < 4.78 is 7.46. The zero-order valence-corrected chi connectivity index (χ0v) is 14.8. The van der Waals surface area contributed by atoms with Crippen molar-refractivity contribution in [1.82, 2.24) is 20.1 Å². The minimum Gasteiger partial charge on any atom is -0.493 e. The average molecular weight is 360 g/mol. The number of fused-ring (bicyclic) bond motifs is 2. The summed E-state index contributed by atoms with van der Waals surface area (Å²) in [5.41, 5.74) is 3.17. The lowest BCUT2D eigenvalue weighted by Gasteiger charge is -2.26. The van der Waals surface area contributed by atoms with Crippen molar-refractivity contribution in [2.75, 3.05) is 6.61 Å². The van der Waals surface area contributed by atoms with Crippen LogP contribution < -0.4 is 10.1 Å². The third-order valence-electron chi connectivity index (χ3n) is 5.71. The molecule has 3 aromatic rings. The van der Waals surface area contributed by atoms with Gasteiger partial charge in [0.05, 0.1) is 12.3 Å². The van der Waals surface area contributed by atoms with E-state index in [-0.39, 0.29) is 17.2 Å². The number of rotatable bonds is 4. The average Bonchev–Trinajstić information content (AvgIpc) is 3.16. The van der Waals surface area contributed by atoms with Gasteiger partial charge in [-0.15, -0.1) is 0 Å². The monoisotopic (exact) mass is 360 g/mol. The van der Waals surface area contributed by atoms with Gasteiger partial charge in [-0.3, -0.25) is 4.79 Å². The summed E-state index contributed by atoms with van der Waals surface area (Å²) in [5.74, 6) is 1.10. The molecule has 1 aliphatic heterocycles. The molecule has 2 heterocycles. The molecule has 1 aliphatic carbocycles. The van der Waals surface area contributed by atoms with Gasteiger partial charge in [0.15, 0.2) is 0 Å². The maximum atomic E-state index is 12.7. The number of amides is 1. The molecule has 1 saturated carbocycles. The predicted octanol–water partition coefficient (Wildman–Crippen LogP) is 2.62. The number of nitrogens with zero attached hydrogens (tertiary/aromatic N) is 3. The highest BCUT2D eigenvalue weighted by Crippen LogP contribution is 2.60. The maximum absolute atomic E-state index is 12.7. The SMILES string of the molecule is O=C(NCc1ccc(-n2cncn2)cc1)[C@@H]1C[C@]12CCOc1ccccc12. The van der Waals surface area contributed by atoms with Gasteiger partial charge in [-0.2, -0.15) is 5.10 Å². The van der Waals surface area contributed by atoms with Crippen LogP contribution >= 0.6 is 0 Å². The van der Waals surface area contributed by atoms with E-state index in [1.807, 2.05) is 42.5 Å². The fraction of sp³-hybridized carbons (Fsp3) is 0.286. The highest BCUT2D eigenvalue weighted by molar-refractivity contribution is 5.84. The van der Waals surface area contributed by atoms with E-state index < -0.39 is 0 Å². The van der Waals surface area contributed by atoms with Crippen molar-refractivity contribution >= 4 is 5.91 Å². The van der Waals surface area contributed by atoms with Crippen LogP contribution in [0.5, 0.6) is 5.75 Å². The van der Waals surface area contributed by atoms with Crippen molar-refractivity contribution in [3.63, 3.8) is 0 Å². The molecule has 6 heteroatoms. The standard InChI is InChI=1S/C21H20N4O2/c26-20(18-11-21(18)9-10-27-19-4-2-1-3-17(19)21)23-12-15-5-7-16(8-6-15)25-14-22-13-24-25/h1-8,13-14,18H,9-12H2,(H,23,26)/t18-,21-/m0/s1. The van der Waals surface area contributed by atoms with Crippen LogP contribution in [0, 0.1) is 5.92 Å². The number of para-hydroxylation sites is 1. The summed E-state index contributed by atoms with van der Waals surface area (Å²) in [6.45, 7) is 1.21. The smallest absolute Gasteiger partial charge is 0.224 e. The van der Waals surface area contributed by atoms with Crippen LogP contribution in [0.15, 0.2) is 61.2 Å². The Balaban J connectivity index is 1.24. The van der Waals surface area contributed by atoms with Crippen molar-refractivity contribution < 1.29 is 9.53 Å². The summed E-state index contributed by atoms with van der Waals surface area (Å²) >= 11 is 0. The summed E-state index contributed by atoms with van der Waals surface area (Å²) in [5, 5.41) is 7.22. The molecule has 1 N–H and O–H groups in total. The van der Waals surface area contributed by atoms with E-state index in [0.717, 1.165) is 29.8 Å². The summed E-state index contributed by atoms with van der Waals surface area (Å²) in [6, 6.07) is 16.1. The van der Waals surface area contributed by atoms with Gasteiger partial charge in [0.2, 0.25) is 5.91 Å². The van der Waals surface area contributed by atoms with Gasteiger partial charge in [0.1, 0.15) is 18.4 Å². The molecule has 2 aliphatic rings. The highest BCUT2D eigenvalue weighted by Gasteiger charge is 2.60. The second-order valence-electron chi connectivity index (χ2n) is 7.23. The van der Waals surface area contributed by atoms with Gasteiger partial charge in [-0.05, 0) is 36.6 Å². The Hall–Kier alpha value is -3.15. The van der Waals surface area contributed by atoms with Crippen LogP contribution in [-0.2, 0) is 16.8 Å². The van der Waals surface area contributed by atoms with Crippen LogP contribution in [0.1, 0.15) is 24.0 Å². The van der Waals surface area contributed by atoms with E-state index in [1.165, 1.54) is 11.9 Å². The molecule has 1 spiro atoms. The summed E-state index contributed by atoms with van der Waals surface area (Å²) in [6.07, 6.45) is 4.99. The quantitative estimate of drug-likeness (QED) is 0.777. The molecule has 0 unspecified atom stereocenters. The molecule has 2 aromatic carbocycles. The molecule has 1 fully saturated rings. The second-order valence-corrected chi connectivity index (χ2v) is 7.23. The summed E-state index contributed by atoms with van der Waals surface area (Å²) in [7, 11) is 0. The minimum absolute atomic E-state index is 0.0319. The Morgan fingerprint density at radius 3 is 2.89 bits per heavy atom. The number of aromatic nitrogens is 3. The van der Waals surface area contributed by atoms with Gasteiger partial charge in [0, 0.05) is 23.4 Å². The number of carbonyl (C=O) groups excluding carboxylic acids is 1. The number of ether oxygens (including phenoxy) is 1. The summed E-state index contributed by atoms with van der Waals surface area (Å²) in [4.78, 5) is 16.7. The third kappa shape index (κ3) is 2.77. The van der Waals surface area contributed by atoms with Crippen molar-refractivity contribution in [3.05, 3.63) is 72.3 Å². The molecule has 0 saturated heterocycles. The minimum atomic E-state index is -0.0319. The van der Waals surface area contributed by atoms with E-state index in [1.54, 1.807) is 11.0 Å². The van der Waals surface area contributed by atoms with Crippen molar-refractivity contribution in [2.24, 2.45) is 5.92 Å². The zero-order valence-electron chi connectivity index (χ0n) is 14.8. The number of nitrogens with one attached hydrogen (secondary N) is 1. The molecule has 1 amide bonds. The molecule has 136 valence electrons. The van der Waals surface area contributed by atoms with E-state index in [4.69, 9.17) is 4.74 Å². The van der Waals surface area contributed by atoms with Gasteiger partial charge < -0.3 is 10.1 Å². The van der Waals surface area contributed by atoms with Gasteiger partial charge in [0.25, 0.3) is 0 Å². The zero-order chi connectivity index (χ0) is 18.3. The first-order valence-electron chi connectivity index (χ1n) is 9.20. The van der Waals surface area contributed by atoms with E-state index in [2.05, 4.69) is 21.5 Å². The highest BCUT2D eigenvalue weighted by atomic mass is 16.5. The normalized spacial score (nSPS) is 22.7. The van der Waals surface area contributed by atoms with Crippen LogP contribution in [0.3, 0.4) is 0 Å². The van der Waals surface area contributed by atoms with E-state index >= 15 is 0 Å². The molecule has 2 atom stereocenters. The Morgan fingerprint density at radius 1 is 1.22 bits per heavy atom. The molecule has 0 bridgehead atoms. The van der Waals surface area contributed by atoms with Crippen LogP contribution in [0.2, 0.25) is 0 Å². The molecule has 27 heavy (non-hydrogen) atoms. The first kappa shape index (κ1) is 16.1. The van der Waals surface area contributed by atoms with Gasteiger partial charge in [-0.1, -0.05) is 30.3 Å². The van der Waals surface area contributed by atoms with E-state index in [0.29, 0.717) is 13.2 Å². The lowest BCUT2D eigenvalue weighted by molar-refractivity contribution is -0.123. The fourth-order valence-electron chi connectivity index (χ4n) is 4.13. The van der Waals surface area contributed by atoms with Crippen LogP contribution in [-0.4, -0.2) is 27.3 Å². The Morgan fingerprint density at radius 2 is 2.07 bits per heavy atom. The first-order chi connectivity index (χ1) is 13.3. The number of carbonyl (C=O) groups is 1. The molecule has 1 aromatic heterocycles. The lowest BCUT2D eigenvalue weighted by Crippen LogP contribution is -2.30. The van der Waals surface area contributed by atoms with Gasteiger partial charge >= 0.3 is 0 Å². The lowest BCUT2D eigenvalue weighted by atomic mass is 9.87. The van der Waals surface area contributed by atoms with Crippen LogP contribution in [0.25, 0.3) is 5.69 Å². The Kier molecular flexibility index (Phi) is 3.70. The van der Waals surface area contributed by atoms with Crippen molar-refractivity contribution in [3.8, 4) is 11.4 Å². The fourth-order valence-corrected chi connectivity index (χ4v) is 4.13. The molecule has 5 rings (SSSR count). The topological polar surface area (TPSA) is 69.0 Å². The Bertz CT molecular complexity index is 968. The van der Waals surface area contributed by atoms with E-state index in [9.17, 15) is 4.79 Å². The van der Waals surface area contributed by atoms with Crippen LogP contribution in [0.4, 0.5) is 0 Å². The van der Waals surface area contributed by atoms with Crippen molar-refractivity contribution in [2.45, 2.75) is 24.8 Å². The third-order valence-corrected chi connectivity index (χ3v) is 5.71. The molecular weight excluding hydrogens is 340 g/mol. The van der Waals surface area contributed by atoms with Crippen molar-refractivity contribution in [1.29, 1.82) is 0 Å². The predicted molar refractivity (Wildman–Crippen MR) is 99.5 cm³/mol.